The minimum Gasteiger partial charge on any atom is -0.361 e. The predicted octanol–water partition coefficient (Wildman–Crippen LogP) is 4.46. The van der Waals surface area contributed by atoms with Crippen molar-refractivity contribution in [1.82, 2.24) is 4.90 Å². The van der Waals surface area contributed by atoms with E-state index in [0.29, 0.717) is 16.8 Å². The molecule has 0 unspecified atom stereocenters. The van der Waals surface area contributed by atoms with Gasteiger partial charge in [0.2, 0.25) is 0 Å². The first-order chi connectivity index (χ1) is 11.4. The summed E-state index contributed by atoms with van der Waals surface area (Å²) in [4.78, 5) is 14.2. The van der Waals surface area contributed by atoms with Crippen molar-refractivity contribution in [3.8, 4) is 0 Å². The van der Waals surface area contributed by atoms with E-state index in [2.05, 4.69) is 11.9 Å². The number of amides is 1. The number of nitrogens with zero attached hydrogens (tertiary/aromatic N) is 1. The zero-order valence-electron chi connectivity index (χ0n) is 12.7. The van der Waals surface area contributed by atoms with Gasteiger partial charge in [0.15, 0.2) is 0 Å². The Kier molecular flexibility index (Phi) is 4.05. The molecule has 1 atom stereocenters. The molecule has 0 fully saturated rings. The summed E-state index contributed by atoms with van der Waals surface area (Å²) < 4.78 is 38.2. The molecule has 6 heteroatoms. The maximum Gasteiger partial charge on any atom is 0.416 e. The van der Waals surface area contributed by atoms with Crippen LogP contribution in [0.5, 0.6) is 0 Å². The molecular formula is C18H15F3N2O. The van der Waals surface area contributed by atoms with E-state index in [1.54, 1.807) is 30.3 Å². The van der Waals surface area contributed by atoms with Gasteiger partial charge in [-0.1, -0.05) is 30.3 Å². The summed E-state index contributed by atoms with van der Waals surface area (Å²) in [5.74, 6) is -0.186. The van der Waals surface area contributed by atoms with Crippen molar-refractivity contribution < 1.29 is 18.0 Å². The lowest BCUT2D eigenvalue weighted by Gasteiger charge is -2.37. The molecule has 1 heterocycles. The van der Waals surface area contributed by atoms with Gasteiger partial charge in [-0.25, -0.2) is 0 Å². The lowest BCUT2D eigenvalue weighted by Crippen LogP contribution is -2.43. The van der Waals surface area contributed by atoms with E-state index in [-0.39, 0.29) is 12.5 Å². The Labute approximate surface area is 137 Å². The average molecular weight is 332 g/mol. The second-order valence-corrected chi connectivity index (χ2v) is 5.46. The molecule has 3 rings (SSSR count). The SMILES string of the molecule is C=CCN1C(=O)c2ccccc2N[C@@H]1c1ccc(C(F)(F)F)cc1. The number of hydrogen-bond acceptors (Lipinski definition) is 2. The number of benzene rings is 2. The van der Waals surface area contributed by atoms with Crippen LogP contribution in [0.25, 0.3) is 0 Å². The number of anilines is 1. The highest BCUT2D eigenvalue weighted by Crippen LogP contribution is 2.35. The van der Waals surface area contributed by atoms with Crippen molar-refractivity contribution in [2.24, 2.45) is 0 Å². The molecule has 3 nitrogen and oxygen atoms in total. The van der Waals surface area contributed by atoms with Crippen molar-refractivity contribution in [3.05, 3.63) is 77.9 Å². The summed E-state index contributed by atoms with van der Waals surface area (Å²) in [6.07, 6.45) is -3.35. The van der Waals surface area contributed by atoms with Crippen LogP contribution in [0.1, 0.15) is 27.7 Å². The summed E-state index contributed by atoms with van der Waals surface area (Å²) in [7, 11) is 0. The van der Waals surface area contributed by atoms with Crippen LogP contribution >= 0.6 is 0 Å². The Morgan fingerprint density at radius 3 is 2.42 bits per heavy atom. The van der Waals surface area contributed by atoms with Crippen LogP contribution in [-0.4, -0.2) is 17.4 Å². The zero-order chi connectivity index (χ0) is 17.3. The highest BCUT2D eigenvalue weighted by atomic mass is 19.4. The maximum atomic E-state index is 12.7. The molecule has 0 bridgehead atoms. The number of fused-ring (bicyclic) bond motifs is 1. The Balaban J connectivity index is 1.99. The first kappa shape index (κ1) is 16.1. The van der Waals surface area contributed by atoms with Gasteiger partial charge < -0.3 is 10.2 Å². The number of hydrogen-bond donors (Lipinski definition) is 1. The Morgan fingerprint density at radius 1 is 1.12 bits per heavy atom. The number of rotatable bonds is 3. The largest absolute Gasteiger partial charge is 0.416 e. The molecule has 2 aromatic rings. The number of alkyl halides is 3. The summed E-state index contributed by atoms with van der Waals surface area (Å²) >= 11 is 0. The van der Waals surface area contributed by atoms with Gasteiger partial charge in [0.05, 0.1) is 11.1 Å². The van der Waals surface area contributed by atoms with Gasteiger partial charge in [-0.15, -0.1) is 6.58 Å². The lowest BCUT2D eigenvalue weighted by molar-refractivity contribution is -0.137. The van der Waals surface area contributed by atoms with E-state index >= 15 is 0 Å². The third kappa shape index (κ3) is 2.87. The number of carbonyl (C=O) groups is 1. The molecule has 0 radical (unpaired) electrons. The summed E-state index contributed by atoms with van der Waals surface area (Å²) in [6, 6.07) is 11.9. The Bertz CT molecular complexity index is 769. The van der Waals surface area contributed by atoms with Crippen molar-refractivity contribution in [2.75, 3.05) is 11.9 Å². The number of para-hydroxylation sites is 1. The van der Waals surface area contributed by atoms with Crippen molar-refractivity contribution in [1.29, 1.82) is 0 Å². The topological polar surface area (TPSA) is 32.3 Å². The summed E-state index contributed by atoms with van der Waals surface area (Å²) in [5, 5.41) is 3.21. The van der Waals surface area contributed by atoms with Crippen molar-refractivity contribution in [3.63, 3.8) is 0 Å². The van der Waals surface area contributed by atoms with Gasteiger partial charge in [-0.2, -0.15) is 13.2 Å². The second kappa shape index (κ2) is 6.03. The first-order valence-electron chi connectivity index (χ1n) is 7.36. The lowest BCUT2D eigenvalue weighted by atomic mass is 10.0. The average Bonchev–Trinajstić information content (AvgIpc) is 2.57. The fraction of sp³-hybridized carbons (Fsp3) is 0.167. The normalized spacial score (nSPS) is 17.2. The van der Waals surface area contributed by atoms with Crippen LogP contribution < -0.4 is 5.32 Å². The van der Waals surface area contributed by atoms with E-state index < -0.39 is 17.9 Å². The van der Waals surface area contributed by atoms with Gasteiger partial charge in [0, 0.05) is 12.2 Å². The Hall–Kier alpha value is -2.76. The highest BCUT2D eigenvalue weighted by molar-refractivity contribution is 6.01. The molecule has 1 aliphatic heterocycles. The highest BCUT2D eigenvalue weighted by Gasteiger charge is 2.33. The molecule has 24 heavy (non-hydrogen) atoms. The minimum atomic E-state index is -4.39. The van der Waals surface area contributed by atoms with Gasteiger partial charge in [-0.05, 0) is 29.8 Å². The number of halogens is 3. The Morgan fingerprint density at radius 2 is 1.79 bits per heavy atom. The van der Waals surface area contributed by atoms with Gasteiger partial charge >= 0.3 is 6.18 Å². The fourth-order valence-corrected chi connectivity index (χ4v) is 2.74. The van der Waals surface area contributed by atoms with Gasteiger partial charge in [0.25, 0.3) is 5.91 Å². The molecule has 0 aliphatic carbocycles. The van der Waals surface area contributed by atoms with Crippen LogP contribution in [0.15, 0.2) is 61.2 Å². The molecule has 1 amide bonds. The molecule has 1 aliphatic rings. The summed E-state index contributed by atoms with van der Waals surface area (Å²) in [6.45, 7) is 3.93. The second-order valence-electron chi connectivity index (χ2n) is 5.46. The van der Waals surface area contributed by atoms with Crippen LogP contribution in [0, 0.1) is 0 Å². The number of carbonyl (C=O) groups excluding carboxylic acids is 1. The van der Waals surface area contributed by atoms with E-state index in [0.717, 1.165) is 12.1 Å². The quantitative estimate of drug-likeness (QED) is 0.842. The first-order valence-corrected chi connectivity index (χ1v) is 7.36. The van der Waals surface area contributed by atoms with E-state index in [1.165, 1.54) is 17.0 Å². The van der Waals surface area contributed by atoms with E-state index in [1.807, 2.05) is 0 Å². The molecule has 124 valence electrons. The smallest absolute Gasteiger partial charge is 0.361 e. The number of nitrogens with one attached hydrogen (secondary N) is 1. The third-order valence-electron chi connectivity index (χ3n) is 3.90. The van der Waals surface area contributed by atoms with Crippen molar-refractivity contribution in [2.45, 2.75) is 12.3 Å². The van der Waals surface area contributed by atoms with Crippen LogP contribution in [0.3, 0.4) is 0 Å². The third-order valence-corrected chi connectivity index (χ3v) is 3.90. The molecule has 0 aromatic heterocycles. The maximum absolute atomic E-state index is 12.7. The predicted molar refractivity (Wildman–Crippen MR) is 85.5 cm³/mol. The van der Waals surface area contributed by atoms with Gasteiger partial charge in [0.1, 0.15) is 6.17 Å². The zero-order valence-corrected chi connectivity index (χ0v) is 12.7. The monoisotopic (exact) mass is 332 g/mol. The van der Waals surface area contributed by atoms with E-state index in [9.17, 15) is 18.0 Å². The fourth-order valence-electron chi connectivity index (χ4n) is 2.74. The molecular weight excluding hydrogens is 317 g/mol. The van der Waals surface area contributed by atoms with Crippen molar-refractivity contribution >= 4 is 11.6 Å². The van der Waals surface area contributed by atoms with Gasteiger partial charge in [-0.3, -0.25) is 4.79 Å². The van der Waals surface area contributed by atoms with E-state index in [4.69, 9.17) is 0 Å². The molecule has 0 spiro atoms. The molecule has 0 saturated heterocycles. The van der Waals surface area contributed by atoms with Crippen LogP contribution in [-0.2, 0) is 6.18 Å². The summed E-state index contributed by atoms with van der Waals surface area (Å²) in [5.41, 5.74) is 1.05. The van der Waals surface area contributed by atoms with Crippen LogP contribution in [0.4, 0.5) is 18.9 Å². The molecule has 2 aromatic carbocycles. The standard InChI is InChI=1S/C18H15F3N2O/c1-2-11-23-16(12-7-9-13(10-8-12)18(19,20)21)22-15-6-4-3-5-14(15)17(23)24/h2-10,16,22H,1,11H2/t16-/m0/s1. The minimum absolute atomic E-state index is 0.186. The van der Waals surface area contributed by atoms with Crippen LogP contribution in [0.2, 0.25) is 0 Å². The molecule has 0 saturated carbocycles. The molecule has 1 N–H and O–H groups in total.